The highest BCUT2D eigenvalue weighted by atomic mass is 32.1. The fourth-order valence-electron chi connectivity index (χ4n) is 0.357. The van der Waals surface area contributed by atoms with Crippen LogP contribution in [0.2, 0.25) is 0 Å². The minimum absolute atomic E-state index is 0.272. The van der Waals surface area contributed by atoms with E-state index in [2.05, 4.69) is 17.0 Å². The highest BCUT2D eigenvalue weighted by Gasteiger charge is 2.35. The summed E-state index contributed by atoms with van der Waals surface area (Å²) in [7, 11) is 0. The van der Waals surface area contributed by atoms with Crippen molar-refractivity contribution >= 4 is 29.5 Å². The van der Waals surface area contributed by atoms with E-state index in [4.69, 9.17) is 20.4 Å². The summed E-state index contributed by atoms with van der Waals surface area (Å²) in [4.78, 5) is 21.3. The van der Waals surface area contributed by atoms with Crippen molar-refractivity contribution in [2.75, 3.05) is 6.61 Å². The van der Waals surface area contributed by atoms with Gasteiger partial charge in [-0.25, -0.2) is 9.59 Å². The Kier molecular flexibility index (Phi) is 4.74. The standard InChI is InChI=1S/C6H8O7S/c7-1-3(8)4(9)13-5(10)6(11,12)2-14/h2-3,7-8,11-12H,1H2. The third-order valence-electron chi connectivity index (χ3n) is 1.10. The summed E-state index contributed by atoms with van der Waals surface area (Å²) < 4.78 is 3.77. The molecule has 0 amide bonds. The highest BCUT2D eigenvalue weighted by Crippen LogP contribution is 2.01. The second-order valence-electron chi connectivity index (χ2n) is 2.25. The van der Waals surface area contributed by atoms with Crippen LogP contribution in [0.5, 0.6) is 0 Å². The summed E-state index contributed by atoms with van der Waals surface area (Å²) in [5.74, 6) is -6.31. The van der Waals surface area contributed by atoms with Crippen molar-refractivity contribution in [3.05, 3.63) is 0 Å². The molecule has 0 radical (unpaired) electrons. The molecule has 1 atom stereocenters. The van der Waals surface area contributed by atoms with Gasteiger partial charge in [-0.05, 0) is 0 Å². The van der Waals surface area contributed by atoms with Gasteiger partial charge < -0.3 is 25.2 Å². The van der Waals surface area contributed by atoms with Crippen LogP contribution in [-0.4, -0.2) is 56.2 Å². The van der Waals surface area contributed by atoms with Gasteiger partial charge in [-0.15, -0.1) is 0 Å². The molecule has 4 N–H and O–H groups in total. The zero-order chi connectivity index (χ0) is 11.4. The maximum absolute atomic E-state index is 10.7. The van der Waals surface area contributed by atoms with E-state index in [-0.39, 0.29) is 5.37 Å². The molecule has 14 heavy (non-hydrogen) atoms. The van der Waals surface area contributed by atoms with Crippen LogP contribution in [-0.2, 0) is 14.3 Å². The number of carbonyl (C=O) groups excluding carboxylic acids is 2. The lowest BCUT2D eigenvalue weighted by molar-refractivity contribution is -0.193. The summed E-state index contributed by atoms with van der Waals surface area (Å²) in [5, 5.41) is 34.6. The van der Waals surface area contributed by atoms with E-state index in [0.29, 0.717) is 0 Å². The molecule has 0 rings (SSSR count). The average molecular weight is 224 g/mol. The monoisotopic (exact) mass is 224 g/mol. The molecule has 7 nitrogen and oxygen atoms in total. The van der Waals surface area contributed by atoms with E-state index in [1.165, 1.54) is 0 Å². The van der Waals surface area contributed by atoms with Crippen molar-refractivity contribution in [2.45, 2.75) is 11.9 Å². The third kappa shape index (κ3) is 3.44. The normalized spacial score (nSPS) is 13.1. The van der Waals surface area contributed by atoms with Gasteiger partial charge in [0.05, 0.1) is 6.61 Å². The van der Waals surface area contributed by atoms with Gasteiger partial charge in [-0.1, -0.05) is 12.2 Å². The Morgan fingerprint density at radius 1 is 1.50 bits per heavy atom. The van der Waals surface area contributed by atoms with E-state index >= 15 is 0 Å². The molecule has 0 heterocycles. The zero-order valence-electron chi connectivity index (χ0n) is 6.78. The molecule has 0 aromatic heterocycles. The number of aliphatic hydroxyl groups is 4. The van der Waals surface area contributed by atoms with Crippen molar-refractivity contribution in [3.8, 4) is 0 Å². The summed E-state index contributed by atoms with van der Waals surface area (Å²) in [6, 6.07) is 0. The summed E-state index contributed by atoms with van der Waals surface area (Å²) in [6.07, 6.45) is -1.92. The van der Waals surface area contributed by atoms with Gasteiger partial charge in [0.2, 0.25) is 0 Å². The smallest absolute Gasteiger partial charge is 0.379 e. The summed E-state index contributed by atoms with van der Waals surface area (Å²) in [5.41, 5.74) is 0. The largest absolute Gasteiger partial charge is 0.393 e. The number of ether oxygens (including phenoxy) is 1. The second kappa shape index (κ2) is 5.08. The first-order chi connectivity index (χ1) is 6.35. The first-order valence-electron chi connectivity index (χ1n) is 3.31. The van der Waals surface area contributed by atoms with Crippen LogP contribution < -0.4 is 0 Å². The number of esters is 2. The molecule has 0 bridgehead atoms. The summed E-state index contributed by atoms with van der Waals surface area (Å²) in [6.45, 7) is -0.951. The lowest BCUT2D eigenvalue weighted by Crippen LogP contribution is -2.43. The SMILES string of the molecule is O=C(OC(=O)C(O)(O)C=S)C(O)CO. The first kappa shape index (κ1) is 13.1. The van der Waals surface area contributed by atoms with Crippen LogP contribution >= 0.6 is 12.2 Å². The van der Waals surface area contributed by atoms with Crippen molar-refractivity contribution in [1.82, 2.24) is 0 Å². The molecule has 8 heteroatoms. The molecule has 0 aliphatic carbocycles. The van der Waals surface area contributed by atoms with E-state index in [9.17, 15) is 9.59 Å². The number of rotatable bonds is 4. The molecule has 0 aliphatic rings. The molecule has 0 aliphatic heterocycles. The number of thiocarbonyl (C=S) groups is 1. The highest BCUT2D eigenvalue weighted by molar-refractivity contribution is 7.79. The number of hydrogen-bond donors (Lipinski definition) is 4. The lowest BCUT2D eigenvalue weighted by atomic mass is 10.3. The van der Waals surface area contributed by atoms with Crippen LogP contribution in [0.15, 0.2) is 0 Å². The number of carbonyl (C=O) groups is 2. The molecule has 0 spiro atoms. The minimum atomic E-state index is -3.07. The van der Waals surface area contributed by atoms with E-state index in [1.807, 2.05) is 0 Å². The van der Waals surface area contributed by atoms with Crippen LogP contribution in [0.25, 0.3) is 0 Å². The zero-order valence-corrected chi connectivity index (χ0v) is 7.60. The van der Waals surface area contributed by atoms with Crippen LogP contribution in [0.4, 0.5) is 0 Å². The topological polar surface area (TPSA) is 124 Å². The Balaban J connectivity index is 4.34. The fourth-order valence-corrected chi connectivity index (χ4v) is 0.453. The van der Waals surface area contributed by atoms with E-state index in [1.54, 1.807) is 0 Å². The van der Waals surface area contributed by atoms with E-state index in [0.717, 1.165) is 0 Å². The molecule has 0 aromatic carbocycles. The minimum Gasteiger partial charge on any atom is -0.393 e. The van der Waals surface area contributed by atoms with Crippen molar-refractivity contribution in [3.63, 3.8) is 0 Å². The van der Waals surface area contributed by atoms with Gasteiger partial charge in [0.15, 0.2) is 6.10 Å². The number of hydrogen-bond acceptors (Lipinski definition) is 8. The van der Waals surface area contributed by atoms with Crippen molar-refractivity contribution in [1.29, 1.82) is 0 Å². The molecule has 0 fully saturated rings. The molecule has 80 valence electrons. The maximum atomic E-state index is 10.7. The van der Waals surface area contributed by atoms with Gasteiger partial charge in [0.1, 0.15) is 0 Å². The van der Waals surface area contributed by atoms with Gasteiger partial charge in [-0.2, -0.15) is 0 Å². The molecule has 1 unspecified atom stereocenters. The molecular formula is C6H8O7S. The summed E-state index contributed by atoms with van der Waals surface area (Å²) >= 11 is 4.06. The predicted molar refractivity (Wildman–Crippen MR) is 45.0 cm³/mol. The van der Waals surface area contributed by atoms with Gasteiger partial charge in [-0.3, -0.25) is 0 Å². The fraction of sp³-hybridized carbons (Fsp3) is 0.500. The average Bonchev–Trinajstić information content (AvgIpc) is 2.16. The second-order valence-corrected chi connectivity index (χ2v) is 2.49. The molecule has 0 saturated heterocycles. The maximum Gasteiger partial charge on any atom is 0.379 e. The lowest BCUT2D eigenvalue weighted by Gasteiger charge is -2.14. The Hall–Kier alpha value is -0.930. The number of aliphatic hydroxyl groups excluding tert-OH is 2. The van der Waals surface area contributed by atoms with Crippen LogP contribution in [0, 0.1) is 0 Å². The van der Waals surface area contributed by atoms with E-state index < -0.39 is 30.4 Å². The van der Waals surface area contributed by atoms with Crippen LogP contribution in [0.3, 0.4) is 0 Å². The van der Waals surface area contributed by atoms with Crippen molar-refractivity contribution < 1.29 is 34.8 Å². The predicted octanol–water partition coefficient (Wildman–Crippen LogP) is -2.91. The Bertz CT molecular complexity index is 249. The van der Waals surface area contributed by atoms with Gasteiger partial charge >= 0.3 is 11.9 Å². The third-order valence-corrected chi connectivity index (χ3v) is 1.43. The first-order valence-corrected chi connectivity index (χ1v) is 3.78. The van der Waals surface area contributed by atoms with Crippen LogP contribution in [0.1, 0.15) is 0 Å². The Labute approximate surface area is 83.5 Å². The van der Waals surface area contributed by atoms with Gasteiger partial charge in [0.25, 0.3) is 5.79 Å². The Morgan fingerprint density at radius 2 is 2.00 bits per heavy atom. The van der Waals surface area contributed by atoms with Crippen molar-refractivity contribution in [2.24, 2.45) is 0 Å². The quantitative estimate of drug-likeness (QED) is 0.173. The molecular weight excluding hydrogens is 216 g/mol. The molecule has 0 aromatic rings. The van der Waals surface area contributed by atoms with Gasteiger partial charge in [0, 0.05) is 5.37 Å². The molecule has 0 saturated carbocycles. The Morgan fingerprint density at radius 3 is 2.36 bits per heavy atom.